The van der Waals surface area contributed by atoms with Crippen molar-refractivity contribution in [3.8, 4) is 5.75 Å². The van der Waals surface area contributed by atoms with Crippen molar-refractivity contribution in [3.05, 3.63) is 29.7 Å². The Morgan fingerprint density at radius 2 is 2.15 bits per heavy atom. The zero-order chi connectivity index (χ0) is 17.9. The Kier molecular flexibility index (Phi) is 3.38. The Bertz CT molecular complexity index is 873. The van der Waals surface area contributed by atoms with E-state index in [1.54, 1.807) is 12.3 Å². The number of ether oxygens (including phenoxy) is 2. The maximum atomic E-state index is 11.7. The summed E-state index contributed by atoms with van der Waals surface area (Å²) in [5.74, 6) is -0.531. The van der Waals surface area contributed by atoms with Gasteiger partial charge < -0.3 is 19.0 Å². The van der Waals surface area contributed by atoms with Gasteiger partial charge in [0.05, 0.1) is 24.0 Å². The third kappa shape index (κ3) is 2.42. The number of pyridine rings is 1. The van der Waals surface area contributed by atoms with E-state index in [2.05, 4.69) is 6.92 Å². The number of aromatic carboxylic acids is 1. The molecule has 2 saturated carbocycles. The number of nitrogens with zero attached hydrogens (tertiary/aromatic N) is 2. The lowest BCUT2D eigenvalue weighted by atomic mass is 9.84. The van der Waals surface area contributed by atoms with Gasteiger partial charge >= 0.3 is 5.97 Å². The second-order valence-electron chi connectivity index (χ2n) is 8.47. The van der Waals surface area contributed by atoms with E-state index in [4.69, 9.17) is 14.5 Å². The van der Waals surface area contributed by atoms with Gasteiger partial charge in [-0.1, -0.05) is 0 Å². The van der Waals surface area contributed by atoms with Crippen molar-refractivity contribution in [2.24, 2.45) is 0 Å². The van der Waals surface area contributed by atoms with Crippen LogP contribution in [0.5, 0.6) is 5.75 Å². The standard InChI is InChI=1S/C20H24N2O4/c1-19-6-7-20(11-19,12-25-19)16-10-22-9-14(18(23)24)15(8-17(22)21-16)26-13-4-2-3-5-13/h8-10,13H,2-7,11-12H2,1H3,(H,23,24). The van der Waals surface area contributed by atoms with Crippen LogP contribution in [-0.4, -0.2) is 38.8 Å². The zero-order valence-corrected chi connectivity index (χ0v) is 15.0. The quantitative estimate of drug-likeness (QED) is 0.907. The zero-order valence-electron chi connectivity index (χ0n) is 15.0. The van der Waals surface area contributed by atoms with E-state index in [0.29, 0.717) is 12.4 Å². The van der Waals surface area contributed by atoms with Gasteiger partial charge in [-0.2, -0.15) is 0 Å². The molecule has 3 heterocycles. The average Bonchev–Trinajstić information content (AvgIpc) is 3.35. The van der Waals surface area contributed by atoms with Crippen molar-refractivity contribution in [3.63, 3.8) is 0 Å². The molecule has 0 spiro atoms. The number of carboxylic acid groups (broad SMARTS) is 1. The largest absolute Gasteiger partial charge is 0.489 e. The van der Waals surface area contributed by atoms with Crippen LogP contribution in [0.2, 0.25) is 0 Å². The summed E-state index contributed by atoms with van der Waals surface area (Å²) in [4.78, 5) is 16.6. The smallest absolute Gasteiger partial charge is 0.341 e. The molecule has 1 saturated heterocycles. The van der Waals surface area contributed by atoms with Crippen molar-refractivity contribution in [2.45, 2.75) is 69.0 Å². The molecule has 2 bridgehead atoms. The fourth-order valence-electron chi connectivity index (χ4n) is 4.96. The highest BCUT2D eigenvalue weighted by atomic mass is 16.5. The summed E-state index contributed by atoms with van der Waals surface area (Å²) in [5, 5.41) is 9.62. The highest BCUT2D eigenvalue weighted by Crippen LogP contribution is 2.53. The van der Waals surface area contributed by atoms with Gasteiger partial charge in [0.1, 0.15) is 17.0 Å². The van der Waals surface area contributed by atoms with Gasteiger partial charge in [0, 0.05) is 23.9 Å². The molecule has 2 unspecified atom stereocenters. The van der Waals surface area contributed by atoms with Crippen molar-refractivity contribution in [2.75, 3.05) is 6.61 Å². The molecule has 0 radical (unpaired) electrons. The first-order valence-electron chi connectivity index (χ1n) is 9.54. The number of hydrogen-bond acceptors (Lipinski definition) is 4. The van der Waals surface area contributed by atoms with Crippen molar-refractivity contribution < 1.29 is 19.4 Å². The summed E-state index contributed by atoms with van der Waals surface area (Å²) >= 11 is 0. The first-order chi connectivity index (χ1) is 12.5. The van der Waals surface area contributed by atoms with Gasteiger partial charge in [0.25, 0.3) is 0 Å². The summed E-state index contributed by atoms with van der Waals surface area (Å²) < 4.78 is 13.8. The van der Waals surface area contributed by atoms with Crippen LogP contribution in [0.25, 0.3) is 5.65 Å². The van der Waals surface area contributed by atoms with E-state index in [1.807, 2.05) is 10.6 Å². The SMILES string of the molecule is CC12CCC(c3cn4cc(C(=O)O)c(OC5CCCC5)cc4n3)(CO1)C2. The molecular weight excluding hydrogens is 332 g/mol. The van der Waals surface area contributed by atoms with Gasteiger partial charge in [-0.3, -0.25) is 0 Å². The van der Waals surface area contributed by atoms with Gasteiger partial charge in [-0.25, -0.2) is 9.78 Å². The molecule has 0 aromatic carbocycles. The van der Waals surface area contributed by atoms with E-state index in [-0.39, 0.29) is 22.7 Å². The lowest BCUT2D eigenvalue weighted by molar-refractivity contribution is -0.00627. The Hall–Kier alpha value is -2.08. The predicted octanol–water partition coefficient (Wildman–Crippen LogP) is 3.56. The van der Waals surface area contributed by atoms with Crippen LogP contribution in [0.1, 0.15) is 67.9 Å². The van der Waals surface area contributed by atoms with Crippen LogP contribution in [0.4, 0.5) is 0 Å². The molecule has 5 rings (SSSR count). The number of hydrogen-bond donors (Lipinski definition) is 1. The van der Waals surface area contributed by atoms with Crippen LogP contribution in [0.15, 0.2) is 18.5 Å². The molecule has 6 heteroatoms. The first-order valence-corrected chi connectivity index (χ1v) is 9.54. The van der Waals surface area contributed by atoms with E-state index >= 15 is 0 Å². The van der Waals surface area contributed by atoms with Crippen LogP contribution < -0.4 is 4.74 Å². The minimum atomic E-state index is -0.967. The summed E-state index contributed by atoms with van der Waals surface area (Å²) in [6, 6.07) is 1.78. The summed E-state index contributed by atoms with van der Waals surface area (Å²) in [6.45, 7) is 2.87. The first kappa shape index (κ1) is 16.1. The van der Waals surface area contributed by atoms with Crippen LogP contribution >= 0.6 is 0 Å². The van der Waals surface area contributed by atoms with Crippen LogP contribution in [-0.2, 0) is 10.2 Å². The molecule has 1 N–H and O–H groups in total. The topological polar surface area (TPSA) is 73.1 Å². The molecule has 2 aliphatic carbocycles. The van der Waals surface area contributed by atoms with Crippen molar-refractivity contribution in [1.29, 1.82) is 0 Å². The van der Waals surface area contributed by atoms with E-state index in [9.17, 15) is 9.90 Å². The normalized spacial score (nSPS) is 31.1. The van der Waals surface area contributed by atoms with Gasteiger partial charge in [0.2, 0.25) is 0 Å². The number of fused-ring (bicyclic) bond motifs is 3. The second-order valence-corrected chi connectivity index (χ2v) is 8.47. The molecule has 3 aliphatic rings. The number of rotatable bonds is 4. The van der Waals surface area contributed by atoms with Gasteiger partial charge in [-0.05, 0) is 51.9 Å². The number of aromatic nitrogens is 2. The maximum Gasteiger partial charge on any atom is 0.341 e. The highest BCUT2D eigenvalue weighted by Gasteiger charge is 2.55. The Morgan fingerprint density at radius 1 is 1.35 bits per heavy atom. The monoisotopic (exact) mass is 356 g/mol. The molecule has 2 atom stereocenters. The third-order valence-corrected chi connectivity index (χ3v) is 6.47. The molecule has 0 amide bonds. The summed E-state index contributed by atoms with van der Waals surface area (Å²) in [5.41, 5.74) is 1.89. The number of carboxylic acids is 1. The van der Waals surface area contributed by atoms with Crippen LogP contribution in [0.3, 0.4) is 0 Å². The van der Waals surface area contributed by atoms with E-state index in [1.165, 1.54) is 0 Å². The van der Waals surface area contributed by atoms with E-state index < -0.39 is 5.97 Å². The molecule has 138 valence electrons. The number of imidazole rings is 1. The highest BCUT2D eigenvalue weighted by molar-refractivity contribution is 5.91. The van der Waals surface area contributed by atoms with Crippen LogP contribution in [0, 0.1) is 0 Å². The Labute approximate surface area is 152 Å². The molecule has 6 nitrogen and oxygen atoms in total. The fraction of sp³-hybridized carbons (Fsp3) is 0.600. The maximum absolute atomic E-state index is 11.7. The lowest BCUT2D eigenvalue weighted by Crippen LogP contribution is -2.26. The summed E-state index contributed by atoms with van der Waals surface area (Å²) in [6.07, 6.45) is 11.1. The van der Waals surface area contributed by atoms with Crippen molar-refractivity contribution in [1.82, 2.24) is 9.38 Å². The molecular formula is C20H24N2O4. The fourth-order valence-corrected chi connectivity index (χ4v) is 4.96. The summed E-state index contributed by atoms with van der Waals surface area (Å²) in [7, 11) is 0. The Balaban J connectivity index is 1.55. The molecule has 1 aliphatic heterocycles. The molecule has 2 aromatic heterocycles. The lowest BCUT2D eigenvalue weighted by Gasteiger charge is -2.24. The van der Waals surface area contributed by atoms with E-state index in [0.717, 1.165) is 56.3 Å². The molecule has 2 aromatic rings. The number of carbonyl (C=O) groups is 1. The van der Waals surface area contributed by atoms with Crippen molar-refractivity contribution >= 4 is 11.6 Å². The van der Waals surface area contributed by atoms with Gasteiger partial charge in [0.15, 0.2) is 0 Å². The minimum Gasteiger partial charge on any atom is -0.489 e. The molecule has 26 heavy (non-hydrogen) atoms. The second kappa shape index (κ2) is 5.46. The molecule has 3 fully saturated rings. The predicted molar refractivity (Wildman–Crippen MR) is 94.9 cm³/mol. The Morgan fingerprint density at radius 3 is 2.77 bits per heavy atom. The minimum absolute atomic E-state index is 0.0290. The average molecular weight is 356 g/mol. The third-order valence-electron chi connectivity index (χ3n) is 6.47. The van der Waals surface area contributed by atoms with Gasteiger partial charge in [-0.15, -0.1) is 0 Å².